The molecule has 1 aromatic carbocycles. The lowest BCUT2D eigenvalue weighted by Crippen LogP contribution is -2.17. The van der Waals surface area contributed by atoms with Crippen LogP contribution in [0.3, 0.4) is 0 Å². The third kappa shape index (κ3) is 3.36. The molecule has 0 spiro atoms. The van der Waals surface area contributed by atoms with Gasteiger partial charge in [-0.2, -0.15) is 0 Å². The number of nitro groups is 1. The van der Waals surface area contributed by atoms with E-state index in [1.54, 1.807) is 18.2 Å². The summed E-state index contributed by atoms with van der Waals surface area (Å²) in [6.07, 6.45) is 6.28. The molecule has 0 heterocycles. The lowest BCUT2D eigenvalue weighted by atomic mass is 9.89. The fourth-order valence-electron chi connectivity index (χ4n) is 2.66. The van der Waals surface area contributed by atoms with Gasteiger partial charge in [0.25, 0.3) is 0 Å². The summed E-state index contributed by atoms with van der Waals surface area (Å²) < 4.78 is 5.06. The van der Waals surface area contributed by atoms with E-state index < -0.39 is 0 Å². The van der Waals surface area contributed by atoms with E-state index in [0.29, 0.717) is 17.4 Å². The number of nitrogens with one attached hydrogen (secondary N) is 1. The van der Waals surface area contributed by atoms with E-state index in [2.05, 4.69) is 5.32 Å². The molecule has 19 heavy (non-hydrogen) atoms. The maximum atomic E-state index is 11.1. The third-order valence-electron chi connectivity index (χ3n) is 3.71. The Bertz CT molecular complexity index is 442. The monoisotopic (exact) mass is 264 g/mol. The Kier molecular flexibility index (Phi) is 4.60. The van der Waals surface area contributed by atoms with Gasteiger partial charge in [-0.15, -0.1) is 0 Å². The molecule has 0 aliphatic heterocycles. The molecule has 2 rings (SSSR count). The van der Waals surface area contributed by atoms with Gasteiger partial charge in [0.05, 0.1) is 12.0 Å². The fourth-order valence-corrected chi connectivity index (χ4v) is 2.66. The maximum Gasteiger partial charge on any atom is 0.333 e. The van der Waals surface area contributed by atoms with Crippen molar-refractivity contribution in [3.63, 3.8) is 0 Å². The number of para-hydroxylation sites is 1. The maximum absolute atomic E-state index is 11.1. The van der Waals surface area contributed by atoms with Crippen molar-refractivity contribution < 1.29 is 9.66 Å². The zero-order valence-corrected chi connectivity index (χ0v) is 11.2. The zero-order valence-electron chi connectivity index (χ0n) is 11.2. The molecule has 1 aromatic rings. The minimum Gasteiger partial charge on any atom is -0.490 e. The van der Waals surface area contributed by atoms with Crippen molar-refractivity contribution in [1.82, 2.24) is 0 Å². The molecule has 1 fully saturated rings. The van der Waals surface area contributed by atoms with Gasteiger partial charge in [0, 0.05) is 6.54 Å². The normalized spacial score (nSPS) is 16.1. The number of ether oxygens (including phenoxy) is 1. The summed E-state index contributed by atoms with van der Waals surface area (Å²) in [6.45, 7) is 0.800. The lowest BCUT2D eigenvalue weighted by molar-refractivity contribution is -0.384. The largest absolute Gasteiger partial charge is 0.490 e. The SMILES string of the molecule is COc1cccc(NCC2CCCCC2)c1[N+](=O)[O-]. The molecule has 0 amide bonds. The van der Waals surface area contributed by atoms with E-state index in [9.17, 15) is 10.1 Å². The molecular weight excluding hydrogens is 244 g/mol. The summed E-state index contributed by atoms with van der Waals surface area (Å²) in [5.41, 5.74) is 0.579. The minimum atomic E-state index is -0.387. The fraction of sp³-hybridized carbons (Fsp3) is 0.571. The van der Waals surface area contributed by atoms with E-state index in [1.807, 2.05) is 0 Å². The number of rotatable bonds is 5. The average molecular weight is 264 g/mol. The molecule has 104 valence electrons. The molecule has 5 heteroatoms. The van der Waals surface area contributed by atoms with Gasteiger partial charge in [-0.05, 0) is 30.9 Å². The quantitative estimate of drug-likeness (QED) is 0.652. The number of anilines is 1. The van der Waals surface area contributed by atoms with Gasteiger partial charge in [0.2, 0.25) is 0 Å². The smallest absolute Gasteiger partial charge is 0.333 e. The molecule has 0 saturated heterocycles. The molecule has 0 aromatic heterocycles. The number of benzene rings is 1. The molecule has 0 bridgehead atoms. The number of methoxy groups -OCH3 is 1. The summed E-state index contributed by atoms with van der Waals surface area (Å²) in [4.78, 5) is 10.8. The molecule has 1 N–H and O–H groups in total. The first-order valence-corrected chi connectivity index (χ1v) is 6.77. The number of nitrogens with zero attached hydrogens (tertiary/aromatic N) is 1. The zero-order chi connectivity index (χ0) is 13.7. The van der Waals surface area contributed by atoms with Crippen LogP contribution in [-0.4, -0.2) is 18.6 Å². The van der Waals surface area contributed by atoms with Crippen LogP contribution in [0.2, 0.25) is 0 Å². The topological polar surface area (TPSA) is 64.4 Å². The Morgan fingerprint density at radius 1 is 1.37 bits per heavy atom. The predicted octanol–water partition coefficient (Wildman–Crippen LogP) is 3.60. The molecular formula is C14H20N2O3. The highest BCUT2D eigenvalue weighted by Crippen LogP contribution is 2.35. The van der Waals surface area contributed by atoms with Gasteiger partial charge in [-0.1, -0.05) is 25.3 Å². The van der Waals surface area contributed by atoms with Crippen molar-refractivity contribution >= 4 is 11.4 Å². The summed E-state index contributed by atoms with van der Waals surface area (Å²) >= 11 is 0. The number of hydrogen-bond acceptors (Lipinski definition) is 4. The van der Waals surface area contributed by atoms with Crippen molar-refractivity contribution in [2.24, 2.45) is 5.92 Å². The van der Waals surface area contributed by atoms with Gasteiger partial charge < -0.3 is 10.1 Å². The van der Waals surface area contributed by atoms with E-state index in [1.165, 1.54) is 39.2 Å². The van der Waals surface area contributed by atoms with Crippen LogP contribution in [0, 0.1) is 16.0 Å². The first-order valence-electron chi connectivity index (χ1n) is 6.77. The van der Waals surface area contributed by atoms with Gasteiger partial charge >= 0.3 is 5.69 Å². The summed E-state index contributed by atoms with van der Waals surface area (Å²) in [6, 6.07) is 5.13. The molecule has 1 saturated carbocycles. The first-order chi connectivity index (χ1) is 9.22. The van der Waals surface area contributed by atoms with Crippen LogP contribution in [0.25, 0.3) is 0 Å². The summed E-state index contributed by atoms with van der Waals surface area (Å²) in [7, 11) is 1.45. The first kappa shape index (κ1) is 13.6. The van der Waals surface area contributed by atoms with Crippen molar-refractivity contribution in [1.29, 1.82) is 0 Å². The average Bonchev–Trinajstić information content (AvgIpc) is 2.45. The van der Waals surface area contributed by atoms with Crippen LogP contribution in [0.4, 0.5) is 11.4 Å². The standard InChI is InChI=1S/C14H20N2O3/c1-19-13-9-5-8-12(14(13)16(17)18)15-10-11-6-3-2-4-7-11/h5,8-9,11,15H,2-4,6-7,10H2,1H3. The van der Waals surface area contributed by atoms with Gasteiger partial charge in [0.1, 0.15) is 5.69 Å². The third-order valence-corrected chi connectivity index (χ3v) is 3.71. The Morgan fingerprint density at radius 2 is 2.11 bits per heavy atom. The number of nitro benzene ring substituents is 1. The number of hydrogen-bond donors (Lipinski definition) is 1. The van der Waals surface area contributed by atoms with E-state index in [4.69, 9.17) is 4.74 Å². The molecule has 1 aliphatic carbocycles. The molecule has 5 nitrogen and oxygen atoms in total. The van der Waals surface area contributed by atoms with Crippen molar-refractivity contribution in [3.05, 3.63) is 28.3 Å². The van der Waals surface area contributed by atoms with Crippen LogP contribution >= 0.6 is 0 Å². The second-order valence-corrected chi connectivity index (χ2v) is 5.00. The Morgan fingerprint density at radius 3 is 2.74 bits per heavy atom. The van der Waals surface area contributed by atoms with E-state index in [0.717, 1.165) is 6.54 Å². The van der Waals surface area contributed by atoms with Gasteiger partial charge in [-0.25, -0.2) is 0 Å². The Balaban J connectivity index is 2.08. The summed E-state index contributed by atoms with van der Waals surface area (Å²) in [5.74, 6) is 0.929. The second-order valence-electron chi connectivity index (χ2n) is 5.00. The van der Waals surface area contributed by atoms with Crippen LogP contribution < -0.4 is 10.1 Å². The lowest BCUT2D eigenvalue weighted by Gasteiger charge is -2.22. The van der Waals surface area contributed by atoms with Crippen LogP contribution in [0.15, 0.2) is 18.2 Å². The van der Waals surface area contributed by atoms with Gasteiger partial charge in [-0.3, -0.25) is 10.1 Å². The van der Waals surface area contributed by atoms with E-state index >= 15 is 0 Å². The van der Waals surface area contributed by atoms with Crippen molar-refractivity contribution in [2.45, 2.75) is 32.1 Å². The molecule has 0 radical (unpaired) electrons. The predicted molar refractivity (Wildman–Crippen MR) is 74.7 cm³/mol. The second kappa shape index (κ2) is 6.41. The van der Waals surface area contributed by atoms with E-state index in [-0.39, 0.29) is 10.6 Å². The highest BCUT2D eigenvalue weighted by Gasteiger charge is 2.21. The van der Waals surface area contributed by atoms with Crippen LogP contribution in [0.1, 0.15) is 32.1 Å². The van der Waals surface area contributed by atoms with Crippen LogP contribution in [0.5, 0.6) is 5.75 Å². The summed E-state index contributed by atoms with van der Waals surface area (Å²) in [5, 5.41) is 14.4. The Labute approximate surface area is 113 Å². The minimum absolute atomic E-state index is 0.0285. The molecule has 0 unspecified atom stereocenters. The highest BCUT2D eigenvalue weighted by atomic mass is 16.6. The van der Waals surface area contributed by atoms with Crippen molar-refractivity contribution in [3.8, 4) is 5.75 Å². The van der Waals surface area contributed by atoms with Crippen molar-refractivity contribution in [2.75, 3.05) is 19.0 Å². The van der Waals surface area contributed by atoms with Crippen LogP contribution in [-0.2, 0) is 0 Å². The molecule has 0 atom stereocenters. The van der Waals surface area contributed by atoms with Gasteiger partial charge in [0.15, 0.2) is 5.75 Å². The molecule has 1 aliphatic rings. The Hall–Kier alpha value is -1.78. The highest BCUT2D eigenvalue weighted by molar-refractivity contribution is 5.68.